The van der Waals surface area contributed by atoms with Gasteiger partial charge in [0.05, 0.1) is 12.4 Å². The number of nitrogen functional groups attached to an aromatic ring is 1. The molecule has 0 bridgehead atoms. The minimum absolute atomic E-state index is 0.126. The van der Waals surface area contributed by atoms with Crippen LogP contribution in [-0.2, 0) is 0 Å². The molecule has 0 aliphatic carbocycles. The van der Waals surface area contributed by atoms with Crippen molar-refractivity contribution in [2.45, 2.75) is 18.5 Å². The van der Waals surface area contributed by atoms with Crippen LogP contribution in [0.1, 0.15) is 12.5 Å². The summed E-state index contributed by atoms with van der Waals surface area (Å²) < 4.78 is 1.93. The highest BCUT2D eigenvalue weighted by atomic mass is 35.5. The first-order valence-electron chi connectivity index (χ1n) is 6.09. The van der Waals surface area contributed by atoms with Crippen LogP contribution < -0.4 is 11.1 Å². The van der Waals surface area contributed by atoms with Gasteiger partial charge in [0.1, 0.15) is 5.52 Å². The standard InChI is InChI=1S/C10H12ClN9/c11-8-7-9(18-10(12)17-8)20(4-15-7)6-1-5(14-3-6)2-16-19-13/h4-6,14H,1-3H2,(H2,12,17,18)/t5-,6+/m1/s1. The monoisotopic (exact) mass is 293 g/mol. The minimum atomic E-state index is 0.126. The van der Waals surface area contributed by atoms with Crippen LogP contribution in [0.25, 0.3) is 21.6 Å². The van der Waals surface area contributed by atoms with Gasteiger partial charge < -0.3 is 15.6 Å². The van der Waals surface area contributed by atoms with Crippen molar-refractivity contribution in [3.05, 3.63) is 21.9 Å². The van der Waals surface area contributed by atoms with Crippen molar-refractivity contribution in [3.8, 4) is 0 Å². The molecular formula is C10H12ClN9. The Morgan fingerprint density at radius 3 is 3.25 bits per heavy atom. The summed E-state index contributed by atoms with van der Waals surface area (Å²) in [5.41, 5.74) is 15.1. The lowest BCUT2D eigenvalue weighted by atomic mass is 10.2. The molecule has 0 spiro atoms. The lowest BCUT2D eigenvalue weighted by Crippen LogP contribution is -2.23. The normalized spacial score (nSPS) is 22.1. The summed E-state index contributed by atoms with van der Waals surface area (Å²) in [7, 11) is 0. The van der Waals surface area contributed by atoms with E-state index in [4.69, 9.17) is 22.9 Å². The van der Waals surface area contributed by atoms with E-state index in [0.29, 0.717) is 17.7 Å². The Labute approximate surface area is 118 Å². The Balaban J connectivity index is 1.90. The zero-order valence-corrected chi connectivity index (χ0v) is 11.2. The molecule has 2 aromatic heterocycles. The topological polar surface area (TPSA) is 130 Å². The van der Waals surface area contributed by atoms with Gasteiger partial charge in [-0.1, -0.05) is 16.7 Å². The van der Waals surface area contributed by atoms with Gasteiger partial charge in [0.15, 0.2) is 10.8 Å². The van der Waals surface area contributed by atoms with Gasteiger partial charge in [-0.25, -0.2) is 4.98 Å². The van der Waals surface area contributed by atoms with Gasteiger partial charge >= 0.3 is 0 Å². The number of nitrogens with two attached hydrogens (primary N) is 1. The fourth-order valence-electron chi connectivity index (χ4n) is 2.45. The maximum Gasteiger partial charge on any atom is 0.223 e. The zero-order chi connectivity index (χ0) is 14.1. The second kappa shape index (κ2) is 5.12. The number of imidazole rings is 1. The summed E-state index contributed by atoms with van der Waals surface area (Å²) in [6.07, 6.45) is 2.51. The molecule has 1 saturated heterocycles. The predicted molar refractivity (Wildman–Crippen MR) is 74.2 cm³/mol. The molecule has 2 aromatic rings. The Kier molecular flexibility index (Phi) is 3.31. The molecule has 0 unspecified atom stereocenters. The second-order valence-corrected chi connectivity index (χ2v) is 4.96. The summed E-state index contributed by atoms with van der Waals surface area (Å²) in [6.45, 7) is 1.18. The van der Waals surface area contributed by atoms with Crippen LogP contribution >= 0.6 is 11.6 Å². The molecule has 0 amide bonds. The quantitative estimate of drug-likeness (QED) is 0.381. The largest absolute Gasteiger partial charge is 0.368 e. The maximum absolute atomic E-state index is 8.35. The van der Waals surface area contributed by atoms with Gasteiger partial charge in [0.2, 0.25) is 5.95 Å². The van der Waals surface area contributed by atoms with Gasteiger partial charge in [-0.05, 0) is 12.0 Å². The average Bonchev–Trinajstić information content (AvgIpc) is 3.02. The zero-order valence-electron chi connectivity index (χ0n) is 10.4. The summed E-state index contributed by atoms with van der Waals surface area (Å²) in [6, 6.07) is 0.326. The summed E-state index contributed by atoms with van der Waals surface area (Å²) >= 11 is 6.00. The van der Waals surface area contributed by atoms with Crippen molar-refractivity contribution < 1.29 is 0 Å². The molecule has 1 aliphatic rings. The Bertz CT molecular complexity index is 689. The van der Waals surface area contributed by atoms with E-state index in [2.05, 4.69) is 30.3 Å². The minimum Gasteiger partial charge on any atom is -0.368 e. The van der Waals surface area contributed by atoms with E-state index < -0.39 is 0 Å². The van der Waals surface area contributed by atoms with Crippen LogP contribution in [0.3, 0.4) is 0 Å². The molecule has 3 rings (SSSR count). The number of nitrogens with one attached hydrogen (secondary N) is 1. The van der Waals surface area contributed by atoms with E-state index in [9.17, 15) is 0 Å². The van der Waals surface area contributed by atoms with Gasteiger partial charge in [0, 0.05) is 24.0 Å². The second-order valence-electron chi connectivity index (χ2n) is 4.60. The summed E-state index contributed by atoms with van der Waals surface area (Å²) in [5.74, 6) is 0.126. The molecule has 3 N–H and O–H groups in total. The predicted octanol–water partition coefficient (Wildman–Crippen LogP) is 1.28. The third kappa shape index (κ3) is 2.22. The number of hydrogen-bond donors (Lipinski definition) is 2. The van der Waals surface area contributed by atoms with Gasteiger partial charge in [-0.2, -0.15) is 9.97 Å². The lowest BCUT2D eigenvalue weighted by molar-refractivity contribution is 0.538. The molecule has 1 fully saturated rings. The summed E-state index contributed by atoms with van der Waals surface area (Å²) in [5, 5.41) is 7.14. The van der Waals surface area contributed by atoms with Crippen molar-refractivity contribution >= 4 is 28.7 Å². The number of anilines is 1. The van der Waals surface area contributed by atoms with E-state index in [1.165, 1.54) is 0 Å². The SMILES string of the molecule is [N-]=[N+]=NC[C@H]1C[C@H](n2cnc3c(Cl)nc(N)nc32)CN1. The number of hydrogen-bond acceptors (Lipinski definition) is 6. The van der Waals surface area contributed by atoms with E-state index in [-0.39, 0.29) is 23.2 Å². The number of azide groups is 1. The molecule has 3 heterocycles. The van der Waals surface area contributed by atoms with Crippen LogP contribution in [0, 0.1) is 0 Å². The molecule has 10 heteroatoms. The Morgan fingerprint density at radius 2 is 2.45 bits per heavy atom. The molecule has 1 aliphatic heterocycles. The molecule has 0 saturated carbocycles. The molecular weight excluding hydrogens is 282 g/mol. The van der Waals surface area contributed by atoms with Crippen LogP contribution in [0.4, 0.5) is 5.95 Å². The summed E-state index contributed by atoms with van der Waals surface area (Å²) in [4.78, 5) is 15.1. The van der Waals surface area contributed by atoms with Gasteiger partial charge in [0.25, 0.3) is 0 Å². The van der Waals surface area contributed by atoms with Crippen molar-refractivity contribution in [1.82, 2.24) is 24.8 Å². The maximum atomic E-state index is 8.35. The molecule has 9 nitrogen and oxygen atoms in total. The highest BCUT2D eigenvalue weighted by Crippen LogP contribution is 2.26. The van der Waals surface area contributed by atoms with Crippen molar-refractivity contribution in [2.24, 2.45) is 5.11 Å². The average molecular weight is 294 g/mol. The Hall–Kier alpha value is -2.09. The molecule has 20 heavy (non-hydrogen) atoms. The number of halogens is 1. The fraction of sp³-hybridized carbons (Fsp3) is 0.500. The first-order valence-corrected chi connectivity index (χ1v) is 6.46. The van der Waals surface area contributed by atoms with E-state index >= 15 is 0 Å². The highest BCUT2D eigenvalue weighted by molar-refractivity contribution is 6.33. The third-order valence-corrected chi connectivity index (χ3v) is 3.62. The third-order valence-electron chi connectivity index (χ3n) is 3.35. The molecule has 0 aromatic carbocycles. The van der Waals surface area contributed by atoms with Crippen molar-refractivity contribution in [2.75, 3.05) is 18.8 Å². The Morgan fingerprint density at radius 1 is 1.60 bits per heavy atom. The molecule has 2 atom stereocenters. The fourth-order valence-corrected chi connectivity index (χ4v) is 2.67. The van der Waals surface area contributed by atoms with Crippen molar-refractivity contribution in [3.63, 3.8) is 0 Å². The number of nitrogens with zero attached hydrogens (tertiary/aromatic N) is 7. The number of rotatable bonds is 3. The first-order chi connectivity index (χ1) is 9.69. The van der Waals surface area contributed by atoms with E-state index in [1.54, 1.807) is 6.33 Å². The molecule has 0 radical (unpaired) electrons. The van der Waals surface area contributed by atoms with E-state index in [1.807, 2.05) is 4.57 Å². The van der Waals surface area contributed by atoms with Gasteiger partial charge in [-0.3, -0.25) is 0 Å². The van der Waals surface area contributed by atoms with Crippen LogP contribution in [0.2, 0.25) is 5.15 Å². The smallest absolute Gasteiger partial charge is 0.223 e. The van der Waals surface area contributed by atoms with Gasteiger partial charge in [-0.15, -0.1) is 0 Å². The highest BCUT2D eigenvalue weighted by Gasteiger charge is 2.26. The van der Waals surface area contributed by atoms with Crippen LogP contribution in [0.15, 0.2) is 11.4 Å². The molecule has 104 valence electrons. The van der Waals surface area contributed by atoms with E-state index in [0.717, 1.165) is 13.0 Å². The van der Waals surface area contributed by atoms with Crippen LogP contribution in [-0.4, -0.2) is 38.7 Å². The number of aromatic nitrogens is 4. The first kappa shape index (κ1) is 12.9. The van der Waals surface area contributed by atoms with Crippen LogP contribution in [0.5, 0.6) is 0 Å². The lowest BCUT2D eigenvalue weighted by Gasteiger charge is -2.11. The number of fused-ring (bicyclic) bond motifs is 1. The van der Waals surface area contributed by atoms with Crippen molar-refractivity contribution in [1.29, 1.82) is 0 Å².